The Balaban J connectivity index is 1.66. The molecular weight excluding hydrogens is 462 g/mol. The number of carbonyl (C=O) groups is 2. The van der Waals surface area contributed by atoms with E-state index in [1.807, 2.05) is 0 Å². The molecule has 0 radical (unpaired) electrons. The highest BCUT2D eigenvalue weighted by molar-refractivity contribution is 9.10. The second-order valence-electron chi connectivity index (χ2n) is 6.40. The van der Waals surface area contributed by atoms with Gasteiger partial charge in [0.25, 0.3) is 11.8 Å². The van der Waals surface area contributed by atoms with Crippen molar-refractivity contribution in [2.75, 3.05) is 13.7 Å². The highest BCUT2D eigenvalue weighted by Crippen LogP contribution is 2.27. The lowest BCUT2D eigenvalue weighted by Crippen LogP contribution is -2.51. The number of halogens is 1. The van der Waals surface area contributed by atoms with Gasteiger partial charge >= 0.3 is 0 Å². The Morgan fingerprint density at radius 1 is 1.07 bits per heavy atom. The number of hydrogen-bond acceptors (Lipinski definition) is 5. The van der Waals surface area contributed by atoms with Crippen molar-refractivity contribution in [3.8, 4) is 5.75 Å². The highest BCUT2D eigenvalue weighted by atomic mass is 79.9. The smallest absolute Gasteiger partial charge is 0.269 e. The molecule has 2 aromatic rings. The monoisotopic (exact) mass is 481 g/mol. The van der Waals surface area contributed by atoms with Gasteiger partial charge in [0.05, 0.1) is 12.0 Å². The van der Waals surface area contributed by atoms with Crippen LogP contribution in [0.15, 0.2) is 57.9 Å². The Morgan fingerprint density at radius 3 is 2.34 bits per heavy atom. The number of nitrogens with one attached hydrogen (secondary N) is 2. The molecule has 1 unspecified atom stereocenters. The molecule has 2 N–H and O–H groups in total. The van der Waals surface area contributed by atoms with E-state index in [2.05, 4.69) is 26.8 Å². The van der Waals surface area contributed by atoms with Crippen molar-refractivity contribution in [1.29, 1.82) is 0 Å². The van der Waals surface area contributed by atoms with Gasteiger partial charge in [-0.25, -0.2) is 8.42 Å². The van der Waals surface area contributed by atoms with Crippen LogP contribution >= 0.6 is 15.9 Å². The summed E-state index contributed by atoms with van der Waals surface area (Å²) in [5.41, 5.74) is 4.99. The molecule has 8 nitrogen and oxygen atoms in total. The summed E-state index contributed by atoms with van der Waals surface area (Å²) in [6.07, 6.45) is 0.931. The van der Waals surface area contributed by atoms with Gasteiger partial charge in [-0.05, 0) is 61.4 Å². The fraction of sp³-hybridized carbons (Fsp3) is 0.263. The molecule has 1 atom stereocenters. The summed E-state index contributed by atoms with van der Waals surface area (Å²) in [6, 6.07) is 11.7. The highest BCUT2D eigenvalue weighted by Gasteiger charge is 2.39. The lowest BCUT2D eigenvalue weighted by atomic mass is 10.2. The van der Waals surface area contributed by atoms with Crippen LogP contribution in [0.4, 0.5) is 0 Å². The number of nitrogens with zero attached hydrogens (tertiary/aromatic N) is 1. The first kappa shape index (κ1) is 21.3. The molecule has 2 aromatic carbocycles. The van der Waals surface area contributed by atoms with E-state index in [0.29, 0.717) is 24.2 Å². The molecule has 0 spiro atoms. The van der Waals surface area contributed by atoms with Crippen LogP contribution in [-0.2, 0) is 14.8 Å². The molecule has 0 aromatic heterocycles. The van der Waals surface area contributed by atoms with Gasteiger partial charge in [0.2, 0.25) is 10.0 Å². The van der Waals surface area contributed by atoms with Crippen LogP contribution in [0.2, 0.25) is 0 Å². The summed E-state index contributed by atoms with van der Waals surface area (Å²) >= 11 is 3.27. The quantitative estimate of drug-likeness (QED) is 0.636. The summed E-state index contributed by atoms with van der Waals surface area (Å²) in [4.78, 5) is 24.9. The number of hydrazine groups is 1. The summed E-state index contributed by atoms with van der Waals surface area (Å²) in [5, 5.41) is 0. The van der Waals surface area contributed by atoms with E-state index in [0.717, 1.165) is 4.47 Å². The molecular formula is C19H20BrN3O5S. The number of methoxy groups -OCH3 is 1. The third kappa shape index (κ3) is 4.77. The maximum atomic E-state index is 12.9. The van der Waals surface area contributed by atoms with Crippen LogP contribution in [0.5, 0.6) is 5.75 Å². The second-order valence-corrected chi connectivity index (χ2v) is 9.21. The average Bonchev–Trinajstić information content (AvgIpc) is 3.23. The van der Waals surface area contributed by atoms with Crippen LogP contribution in [0, 0.1) is 0 Å². The molecule has 0 saturated carbocycles. The van der Waals surface area contributed by atoms with Crippen molar-refractivity contribution in [3.05, 3.63) is 58.6 Å². The summed E-state index contributed by atoms with van der Waals surface area (Å²) < 4.78 is 32.8. The number of ether oxygens (including phenoxy) is 1. The molecule has 154 valence electrons. The summed E-state index contributed by atoms with van der Waals surface area (Å²) in [7, 11) is -2.30. The molecule has 1 fully saturated rings. The third-order valence-corrected chi connectivity index (χ3v) is 7.03. The topological polar surface area (TPSA) is 105 Å². The zero-order valence-corrected chi connectivity index (χ0v) is 18.0. The lowest BCUT2D eigenvalue weighted by Gasteiger charge is -2.23. The molecule has 1 heterocycles. The molecule has 1 aliphatic rings. The minimum atomic E-state index is -3.82. The summed E-state index contributed by atoms with van der Waals surface area (Å²) in [5.74, 6) is -0.489. The maximum absolute atomic E-state index is 12.9. The molecule has 0 bridgehead atoms. The first-order valence-electron chi connectivity index (χ1n) is 8.84. The average molecular weight is 482 g/mol. The van der Waals surface area contributed by atoms with Crippen molar-refractivity contribution in [3.63, 3.8) is 0 Å². The fourth-order valence-corrected chi connectivity index (χ4v) is 4.97. The van der Waals surface area contributed by atoms with Crippen molar-refractivity contribution in [2.45, 2.75) is 23.8 Å². The van der Waals surface area contributed by atoms with E-state index in [1.165, 1.54) is 23.5 Å². The van der Waals surface area contributed by atoms with Gasteiger partial charge in [0, 0.05) is 16.6 Å². The first-order chi connectivity index (χ1) is 13.8. The largest absolute Gasteiger partial charge is 0.497 e. The zero-order valence-electron chi connectivity index (χ0n) is 15.6. The maximum Gasteiger partial charge on any atom is 0.269 e. The standard InChI is InChI=1S/C19H20BrN3O5S/c1-28-15-8-4-13(5-9-15)18(24)21-22-19(25)17-3-2-12-23(17)29(26,27)16-10-6-14(20)7-11-16/h4-11,17H,2-3,12H2,1H3,(H,21,24)(H,22,25). The second kappa shape index (κ2) is 8.93. The number of benzene rings is 2. The number of carbonyl (C=O) groups excluding carboxylic acids is 2. The minimum absolute atomic E-state index is 0.114. The van der Waals surface area contributed by atoms with Gasteiger partial charge in [-0.15, -0.1) is 0 Å². The molecule has 1 aliphatic heterocycles. The number of sulfonamides is 1. The zero-order chi connectivity index (χ0) is 21.0. The lowest BCUT2D eigenvalue weighted by molar-refractivity contribution is -0.125. The van der Waals surface area contributed by atoms with E-state index in [-0.39, 0.29) is 11.4 Å². The molecule has 0 aliphatic carbocycles. The normalized spacial score (nSPS) is 17.0. The molecule has 3 rings (SSSR count). The Hall–Kier alpha value is -2.43. The van der Waals surface area contributed by atoms with Crippen LogP contribution in [0.1, 0.15) is 23.2 Å². The Bertz CT molecular complexity index is 994. The number of hydrogen-bond donors (Lipinski definition) is 2. The molecule has 29 heavy (non-hydrogen) atoms. The van der Waals surface area contributed by atoms with Crippen LogP contribution in [0.3, 0.4) is 0 Å². The van der Waals surface area contributed by atoms with Gasteiger partial charge < -0.3 is 4.74 Å². The van der Waals surface area contributed by atoms with Crippen LogP contribution in [0.25, 0.3) is 0 Å². The predicted octanol–water partition coefficient (Wildman–Crippen LogP) is 2.07. The van der Waals surface area contributed by atoms with Crippen LogP contribution < -0.4 is 15.6 Å². The van der Waals surface area contributed by atoms with Gasteiger partial charge in [0.15, 0.2) is 0 Å². The number of rotatable bonds is 5. The van der Waals surface area contributed by atoms with Gasteiger partial charge in [-0.2, -0.15) is 4.31 Å². The molecule has 2 amide bonds. The first-order valence-corrected chi connectivity index (χ1v) is 11.1. The van der Waals surface area contributed by atoms with E-state index in [9.17, 15) is 18.0 Å². The fourth-order valence-electron chi connectivity index (χ4n) is 3.05. The van der Waals surface area contributed by atoms with Crippen molar-refractivity contribution in [2.24, 2.45) is 0 Å². The van der Waals surface area contributed by atoms with Crippen molar-refractivity contribution in [1.82, 2.24) is 15.2 Å². The van der Waals surface area contributed by atoms with Gasteiger partial charge in [0.1, 0.15) is 11.8 Å². The van der Waals surface area contributed by atoms with Crippen molar-refractivity contribution < 1.29 is 22.7 Å². The van der Waals surface area contributed by atoms with E-state index < -0.39 is 27.9 Å². The molecule has 10 heteroatoms. The van der Waals surface area contributed by atoms with Crippen LogP contribution in [-0.4, -0.2) is 44.2 Å². The van der Waals surface area contributed by atoms with E-state index in [1.54, 1.807) is 36.4 Å². The Morgan fingerprint density at radius 2 is 1.72 bits per heavy atom. The third-order valence-electron chi connectivity index (χ3n) is 4.58. The Labute approximate surface area is 177 Å². The predicted molar refractivity (Wildman–Crippen MR) is 110 cm³/mol. The molecule has 1 saturated heterocycles. The SMILES string of the molecule is COc1ccc(C(=O)NNC(=O)C2CCCN2S(=O)(=O)c2ccc(Br)cc2)cc1. The van der Waals surface area contributed by atoms with Crippen molar-refractivity contribution >= 4 is 37.8 Å². The van der Waals surface area contributed by atoms with E-state index in [4.69, 9.17) is 4.74 Å². The Kier molecular flexibility index (Phi) is 6.56. The number of amides is 2. The summed E-state index contributed by atoms with van der Waals surface area (Å²) in [6.45, 7) is 0.239. The van der Waals surface area contributed by atoms with E-state index >= 15 is 0 Å². The minimum Gasteiger partial charge on any atom is -0.497 e. The van der Waals surface area contributed by atoms with Gasteiger partial charge in [-0.1, -0.05) is 15.9 Å². The van der Waals surface area contributed by atoms with Gasteiger partial charge in [-0.3, -0.25) is 20.4 Å².